The van der Waals surface area contributed by atoms with Crippen LogP contribution in [-0.4, -0.2) is 5.48 Å². The van der Waals surface area contributed by atoms with Gasteiger partial charge in [-0.15, -0.1) is 0 Å². The Labute approximate surface area is 82.1 Å². The summed E-state index contributed by atoms with van der Waals surface area (Å²) in [7, 11) is 0. The molecule has 0 unspecified atom stereocenters. The van der Waals surface area contributed by atoms with E-state index in [0.29, 0.717) is 5.56 Å². The maximum atomic E-state index is 8.27. The average molecular weight is 142 g/mol. The summed E-state index contributed by atoms with van der Waals surface area (Å²) < 4.78 is 0. The van der Waals surface area contributed by atoms with Gasteiger partial charge in [-0.3, -0.25) is 0 Å². The van der Waals surface area contributed by atoms with Crippen LogP contribution in [0.5, 0.6) is 0 Å². The average Bonchev–Trinajstić information content (AvgIpc) is 1.90. The molecule has 45 valence electrons. The molecular weight excluding hydrogens is 137 g/mol. The van der Waals surface area contributed by atoms with Gasteiger partial charge in [0.1, 0.15) is 0 Å². The van der Waals surface area contributed by atoms with Gasteiger partial charge in [0.25, 0.3) is 0 Å². The molecule has 0 fully saturated rings. The van der Waals surface area contributed by atoms with Gasteiger partial charge in [-0.1, -0.05) is 12.1 Å². The molecule has 0 aliphatic carbocycles. The molecule has 1 radical (unpaired) electrons. The number of hydrogen-bond donors (Lipinski definition) is 0. The molecule has 1 N–H and O–H groups in total. The fraction of sp³-hybridized carbons (Fsp3) is 0. The summed E-state index contributed by atoms with van der Waals surface area (Å²) in [6.45, 7) is 0. The van der Waals surface area contributed by atoms with Crippen molar-refractivity contribution in [3.8, 4) is 6.07 Å². The van der Waals surface area contributed by atoms with Gasteiger partial charge in [0, 0.05) is 0 Å². The van der Waals surface area contributed by atoms with Crippen molar-refractivity contribution in [2.45, 2.75) is 0 Å². The van der Waals surface area contributed by atoms with Crippen LogP contribution in [0.4, 0.5) is 0 Å². The van der Waals surface area contributed by atoms with Gasteiger partial charge in [-0.2, -0.15) is 5.26 Å². The molecule has 2 nitrogen and oxygen atoms in total. The summed E-state index contributed by atoms with van der Waals surface area (Å²) in [6, 6.07) is 11.7. The fourth-order valence-corrected chi connectivity index (χ4v) is 0.461. The molecule has 1 rings (SSSR count). The Morgan fingerprint density at radius 1 is 1.30 bits per heavy atom. The van der Waals surface area contributed by atoms with Gasteiger partial charge >= 0.3 is 29.6 Å². The third-order valence-electron chi connectivity index (χ3n) is 0.847. The minimum Gasteiger partial charge on any atom is -0.870 e. The normalized spacial score (nSPS) is 6.30. The molecule has 0 saturated heterocycles. The number of benzene rings is 1. The standard InChI is InChI=1S/C7H4N.Na.H2O/c8-6-7-4-2-1-3-5-7;;/h2-5H;;1H2/q;+1;/p-1. The molecule has 0 heterocycles. The first-order chi connectivity index (χ1) is 3.93. The van der Waals surface area contributed by atoms with Crippen LogP contribution >= 0.6 is 0 Å². The van der Waals surface area contributed by atoms with Crippen molar-refractivity contribution in [2.24, 2.45) is 0 Å². The third-order valence-corrected chi connectivity index (χ3v) is 0.847. The number of nitrogens with zero attached hydrogens (tertiary/aromatic N) is 1. The van der Waals surface area contributed by atoms with Crippen molar-refractivity contribution in [1.82, 2.24) is 0 Å². The summed E-state index contributed by atoms with van der Waals surface area (Å²) in [4.78, 5) is 0. The van der Waals surface area contributed by atoms with E-state index in [4.69, 9.17) is 5.26 Å². The van der Waals surface area contributed by atoms with Crippen molar-refractivity contribution in [3.63, 3.8) is 0 Å². The molecule has 0 atom stereocenters. The zero-order chi connectivity index (χ0) is 5.82. The molecule has 0 spiro atoms. The molecule has 0 amide bonds. The molecule has 1 aromatic carbocycles. The summed E-state index contributed by atoms with van der Waals surface area (Å²) >= 11 is 0. The minimum atomic E-state index is 0. The van der Waals surface area contributed by atoms with Gasteiger partial charge in [-0.25, -0.2) is 0 Å². The number of hydrogen-bond acceptors (Lipinski definition) is 2. The molecule has 0 saturated carbocycles. The van der Waals surface area contributed by atoms with E-state index in [2.05, 4.69) is 6.07 Å². The Morgan fingerprint density at radius 2 is 1.80 bits per heavy atom. The van der Waals surface area contributed by atoms with Gasteiger partial charge in [0.2, 0.25) is 0 Å². The van der Waals surface area contributed by atoms with Crippen molar-refractivity contribution in [2.75, 3.05) is 0 Å². The third kappa shape index (κ3) is 3.65. The van der Waals surface area contributed by atoms with Gasteiger partial charge < -0.3 is 5.48 Å². The quantitative estimate of drug-likeness (QED) is 0.401. The van der Waals surface area contributed by atoms with Crippen LogP contribution in [0.1, 0.15) is 5.56 Å². The van der Waals surface area contributed by atoms with E-state index < -0.39 is 0 Å². The van der Waals surface area contributed by atoms with Crippen molar-refractivity contribution < 1.29 is 35.0 Å². The van der Waals surface area contributed by atoms with Crippen molar-refractivity contribution in [1.29, 1.82) is 5.26 Å². The monoisotopic (exact) mass is 142 g/mol. The van der Waals surface area contributed by atoms with Crippen LogP contribution in [0.2, 0.25) is 0 Å². The second-order valence-electron chi connectivity index (χ2n) is 1.40. The van der Waals surface area contributed by atoms with E-state index in [1.54, 1.807) is 24.3 Å². The first-order valence-electron chi connectivity index (χ1n) is 2.29. The van der Waals surface area contributed by atoms with E-state index in [0.717, 1.165) is 0 Å². The van der Waals surface area contributed by atoms with Crippen molar-refractivity contribution in [3.05, 3.63) is 35.9 Å². The molecule has 0 aromatic heterocycles. The molecule has 3 heteroatoms. The molecule has 0 bridgehead atoms. The predicted octanol–water partition coefficient (Wildman–Crippen LogP) is -1.81. The fourth-order valence-electron chi connectivity index (χ4n) is 0.461. The Hall–Kier alpha value is -0.330. The maximum Gasteiger partial charge on any atom is 1.00 e. The minimum absolute atomic E-state index is 0. The van der Waals surface area contributed by atoms with E-state index >= 15 is 0 Å². The first kappa shape index (κ1) is 12.4. The van der Waals surface area contributed by atoms with Crippen LogP contribution in [-0.2, 0) is 0 Å². The Bertz CT molecular complexity index is 205. The SMILES string of the molecule is N#Cc1cc[c]cc1.[Na+].[OH-]. The summed E-state index contributed by atoms with van der Waals surface area (Å²) in [5, 5.41) is 8.27. The van der Waals surface area contributed by atoms with Crippen LogP contribution < -0.4 is 29.6 Å². The summed E-state index contributed by atoms with van der Waals surface area (Å²) in [5.41, 5.74) is 0.684. The molecule has 0 aliphatic rings. The van der Waals surface area contributed by atoms with E-state index in [1.165, 1.54) is 0 Å². The van der Waals surface area contributed by atoms with Crippen LogP contribution in [0.15, 0.2) is 24.3 Å². The summed E-state index contributed by atoms with van der Waals surface area (Å²) in [6.07, 6.45) is 0. The summed E-state index contributed by atoms with van der Waals surface area (Å²) in [5.74, 6) is 0. The topological polar surface area (TPSA) is 53.8 Å². The predicted molar refractivity (Wildman–Crippen MR) is 31.9 cm³/mol. The smallest absolute Gasteiger partial charge is 0.870 e. The Kier molecular flexibility index (Phi) is 8.38. The van der Waals surface area contributed by atoms with E-state index in [1.807, 2.05) is 6.07 Å². The van der Waals surface area contributed by atoms with E-state index in [9.17, 15) is 0 Å². The number of rotatable bonds is 0. The zero-order valence-electron chi connectivity index (χ0n) is 5.70. The molecule has 10 heavy (non-hydrogen) atoms. The second kappa shape index (κ2) is 6.79. The van der Waals surface area contributed by atoms with Crippen molar-refractivity contribution >= 4 is 0 Å². The zero-order valence-corrected chi connectivity index (χ0v) is 7.70. The molecular formula is C7H5NNaO. The maximum absolute atomic E-state index is 8.27. The largest absolute Gasteiger partial charge is 1.00 e. The molecule has 0 aliphatic heterocycles. The Morgan fingerprint density at radius 3 is 2.10 bits per heavy atom. The number of nitriles is 1. The Balaban J connectivity index is 0. The van der Waals surface area contributed by atoms with E-state index in [-0.39, 0.29) is 35.0 Å². The van der Waals surface area contributed by atoms with Crippen LogP contribution in [0.25, 0.3) is 0 Å². The van der Waals surface area contributed by atoms with Crippen LogP contribution in [0.3, 0.4) is 0 Å². The van der Waals surface area contributed by atoms with Gasteiger partial charge in [-0.05, 0) is 18.2 Å². The second-order valence-corrected chi connectivity index (χ2v) is 1.40. The van der Waals surface area contributed by atoms with Gasteiger partial charge in [0.05, 0.1) is 11.6 Å². The molecule has 1 aromatic rings. The first-order valence-corrected chi connectivity index (χ1v) is 2.29. The van der Waals surface area contributed by atoms with Gasteiger partial charge in [0.15, 0.2) is 0 Å². The van der Waals surface area contributed by atoms with Crippen LogP contribution in [0, 0.1) is 17.4 Å².